The first-order valence-electron chi connectivity index (χ1n) is 7.93. The van der Waals surface area contributed by atoms with E-state index in [1.165, 1.54) is 32.1 Å². The van der Waals surface area contributed by atoms with Crippen LogP contribution in [0, 0.1) is 0 Å². The molecule has 2 aliphatic heterocycles. The van der Waals surface area contributed by atoms with Gasteiger partial charge in [0.15, 0.2) is 0 Å². The number of hydrogen-bond acceptors (Lipinski definition) is 4. The second kappa shape index (κ2) is 6.00. The molecule has 2 fully saturated rings. The Kier molecular flexibility index (Phi) is 4.10. The molecule has 2 saturated heterocycles. The molecule has 4 nitrogen and oxygen atoms in total. The number of piperidine rings is 2. The lowest BCUT2D eigenvalue weighted by atomic mass is 9.82. The van der Waals surface area contributed by atoms with Crippen molar-refractivity contribution in [3.05, 3.63) is 18.5 Å². The summed E-state index contributed by atoms with van der Waals surface area (Å²) in [6.45, 7) is 3.04. The summed E-state index contributed by atoms with van der Waals surface area (Å²) in [4.78, 5) is 6.93. The van der Waals surface area contributed by atoms with Crippen LogP contribution in [0.4, 0.5) is 11.4 Å². The molecule has 1 aromatic heterocycles. The Morgan fingerprint density at radius 1 is 1.20 bits per heavy atom. The summed E-state index contributed by atoms with van der Waals surface area (Å²) >= 11 is 0. The van der Waals surface area contributed by atoms with Gasteiger partial charge in [0.2, 0.25) is 0 Å². The van der Waals surface area contributed by atoms with E-state index in [2.05, 4.69) is 40.6 Å². The summed E-state index contributed by atoms with van der Waals surface area (Å²) in [5.41, 5.74) is 2.25. The fourth-order valence-electron chi connectivity index (χ4n) is 3.79. The van der Waals surface area contributed by atoms with Gasteiger partial charge in [-0.15, -0.1) is 0 Å². The molecule has 2 N–H and O–H groups in total. The van der Waals surface area contributed by atoms with Gasteiger partial charge in [-0.25, -0.2) is 0 Å². The molecule has 3 rings (SSSR count). The van der Waals surface area contributed by atoms with Gasteiger partial charge in [0, 0.05) is 24.7 Å². The first-order valence-corrected chi connectivity index (χ1v) is 7.93. The first kappa shape index (κ1) is 13.7. The lowest BCUT2D eigenvalue weighted by Crippen LogP contribution is -2.52. The van der Waals surface area contributed by atoms with Gasteiger partial charge in [0.05, 0.1) is 23.8 Å². The van der Waals surface area contributed by atoms with Gasteiger partial charge < -0.3 is 15.5 Å². The molecule has 1 aromatic rings. The van der Waals surface area contributed by atoms with Gasteiger partial charge in [-0.1, -0.05) is 6.42 Å². The van der Waals surface area contributed by atoms with E-state index in [4.69, 9.17) is 0 Å². The van der Waals surface area contributed by atoms with Crippen LogP contribution in [0.2, 0.25) is 0 Å². The van der Waals surface area contributed by atoms with Gasteiger partial charge >= 0.3 is 0 Å². The van der Waals surface area contributed by atoms with Gasteiger partial charge in [0.25, 0.3) is 0 Å². The van der Waals surface area contributed by atoms with Crippen molar-refractivity contribution in [2.45, 2.75) is 57.2 Å². The average molecular weight is 274 g/mol. The Labute approximate surface area is 122 Å². The number of aromatic nitrogens is 1. The molecule has 2 aliphatic rings. The van der Waals surface area contributed by atoms with Crippen molar-refractivity contribution in [1.29, 1.82) is 0 Å². The summed E-state index contributed by atoms with van der Waals surface area (Å²) < 4.78 is 0. The Morgan fingerprint density at radius 3 is 2.60 bits per heavy atom. The fraction of sp³-hybridized carbons (Fsp3) is 0.688. The zero-order valence-electron chi connectivity index (χ0n) is 12.6. The third-order valence-corrected chi connectivity index (χ3v) is 4.83. The Morgan fingerprint density at radius 2 is 1.90 bits per heavy atom. The van der Waals surface area contributed by atoms with Crippen LogP contribution < -0.4 is 10.6 Å². The standard InChI is InChI=1S/C16H26N4/c1-3-18-13-7-14(11-17-10-13)19-12-8-15-5-4-6-16(9-12)20(15)2/h7,10-12,15-16,18-19H,3-6,8-9H2,1-2H3. The van der Waals surface area contributed by atoms with Crippen molar-refractivity contribution >= 4 is 11.4 Å². The van der Waals surface area contributed by atoms with E-state index in [0.29, 0.717) is 6.04 Å². The summed E-state index contributed by atoms with van der Waals surface area (Å²) in [6, 6.07) is 4.31. The molecule has 2 bridgehead atoms. The van der Waals surface area contributed by atoms with Crippen molar-refractivity contribution in [1.82, 2.24) is 9.88 Å². The number of fused-ring (bicyclic) bond motifs is 2. The van der Waals surface area contributed by atoms with Crippen LogP contribution in [-0.4, -0.2) is 41.6 Å². The highest BCUT2D eigenvalue weighted by Crippen LogP contribution is 2.33. The minimum atomic E-state index is 0.597. The summed E-state index contributed by atoms with van der Waals surface area (Å²) in [5, 5.41) is 7.02. The Bertz CT molecular complexity index is 434. The van der Waals surface area contributed by atoms with Crippen molar-refractivity contribution in [3.63, 3.8) is 0 Å². The lowest BCUT2D eigenvalue weighted by Gasteiger charge is -2.47. The van der Waals surface area contributed by atoms with E-state index >= 15 is 0 Å². The van der Waals surface area contributed by atoms with E-state index < -0.39 is 0 Å². The lowest BCUT2D eigenvalue weighted by molar-refractivity contribution is 0.0608. The van der Waals surface area contributed by atoms with Crippen molar-refractivity contribution in [3.8, 4) is 0 Å². The van der Waals surface area contributed by atoms with Gasteiger partial charge in [-0.3, -0.25) is 4.98 Å². The molecule has 20 heavy (non-hydrogen) atoms. The van der Waals surface area contributed by atoms with Crippen LogP contribution in [0.25, 0.3) is 0 Å². The third-order valence-electron chi connectivity index (χ3n) is 4.83. The first-order chi connectivity index (χ1) is 9.76. The second-order valence-corrected chi connectivity index (χ2v) is 6.21. The molecule has 0 aromatic carbocycles. The highest BCUT2D eigenvalue weighted by atomic mass is 15.2. The van der Waals surface area contributed by atoms with Crippen molar-refractivity contribution in [2.75, 3.05) is 24.2 Å². The molecule has 0 aliphatic carbocycles. The Hall–Kier alpha value is -1.29. The van der Waals surface area contributed by atoms with Crippen LogP contribution in [0.5, 0.6) is 0 Å². The molecular formula is C16H26N4. The smallest absolute Gasteiger partial charge is 0.0549 e. The fourth-order valence-corrected chi connectivity index (χ4v) is 3.79. The predicted molar refractivity (Wildman–Crippen MR) is 84.2 cm³/mol. The number of pyridine rings is 1. The minimum Gasteiger partial charge on any atom is -0.384 e. The van der Waals surface area contributed by atoms with E-state index in [0.717, 1.165) is 30.0 Å². The van der Waals surface area contributed by atoms with Gasteiger partial charge in [-0.05, 0) is 45.7 Å². The highest BCUT2D eigenvalue weighted by molar-refractivity contribution is 5.54. The number of rotatable bonds is 4. The number of hydrogen-bond donors (Lipinski definition) is 2. The highest BCUT2D eigenvalue weighted by Gasteiger charge is 2.35. The van der Waals surface area contributed by atoms with Crippen molar-refractivity contribution in [2.24, 2.45) is 0 Å². The largest absolute Gasteiger partial charge is 0.384 e. The number of nitrogens with zero attached hydrogens (tertiary/aromatic N) is 2. The molecule has 110 valence electrons. The molecule has 0 spiro atoms. The maximum absolute atomic E-state index is 4.32. The van der Waals surface area contributed by atoms with Gasteiger partial charge in [-0.2, -0.15) is 0 Å². The maximum atomic E-state index is 4.32. The van der Waals surface area contributed by atoms with E-state index in [1.807, 2.05) is 12.4 Å². The molecule has 0 radical (unpaired) electrons. The zero-order valence-corrected chi connectivity index (χ0v) is 12.6. The topological polar surface area (TPSA) is 40.2 Å². The zero-order chi connectivity index (χ0) is 13.9. The third kappa shape index (κ3) is 2.90. The molecule has 3 heterocycles. The van der Waals surface area contributed by atoms with Crippen LogP contribution >= 0.6 is 0 Å². The van der Waals surface area contributed by atoms with Crippen LogP contribution in [0.3, 0.4) is 0 Å². The molecule has 2 unspecified atom stereocenters. The summed E-state index contributed by atoms with van der Waals surface area (Å²) in [6.07, 6.45) is 10.5. The maximum Gasteiger partial charge on any atom is 0.0549 e. The molecular weight excluding hydrogens is 248 g/mol. The Balaban J connectivity index is 1.64. The molecule has 2 atom stereocenters. The van der Waals surface area contributed by atoms with Crippen LogP contribution in [-0.2, 0) is 0 Å². The van der Waals surface area contributed by atoms with Crippen LogP contribution in [0.15, 0.2) is 18.5 Å². The number of nitrogens with one attached hydrogen (secondary N) is 2. The number of anilines is 2. The SMILES string of the molecule is CCNc1cncc(NC2CC3CCCC(C2)N3C)c1. The summed E-state index contributed by atoms with van der Waals surface area (Å²) in [5.74, 6) is 0. The molecule has 0 saturated carbocycles. The molecule has 0 amide bonds. The minimum absolute atomic E-state index is 0.597. The van der Waals surface area contributed by atoms with E-state index in [9.17, 15) is 0 Å². The average Bonchev–Trinajstić information content (AvgIpc) is 2.41. The van der Waals surface area contributed by atoms with E-state index in [1.54, 1.807) is 0 Å². The van der Waals surface area contributed by atoms with Crippen molar-refractivity contribution < 1.29 is 0 Å². The predicted octanol–water partition coefficient (Wildman–Crippen LogP) is 2.94. The van der Waals surface area contributed by atoms with Gasteiger partial charge in [0.1, 0.15) is 0 Å². The summed E-state index contributed by atoms with van der Waals surface area (Å²) in [7, 11) is 2.30. The monoisotopic (exact) mass is 274 g/mol. The normalized spacial score (nSPS) is 30.0. The van der Waals surface area contributed by atoms with E-state index in [-0.39, 0.29) is 0 Å². The quantitative estimate of drug-likeness (QED) is 0.885. The molecule has 4 heteroatoms. The second-order valence-electron chi connectivity index (χ2n) is 6.21. The van der Waals surface area contributed by atoms with Crippen LogP contribution in [0.1, 0.15) is 39.0 Å².